The van der Waals surface area contributed by atoms with Gasteiger partial charge in [0.25, 0.3) is 5.91 Å². The van der Waals surface area contributed by atoms with Gasteiger partial charge in [-0.1, -0.05) is 73.7 Å². The third-order valence-electron chi connectivity index (χ3n) is 6.90. The van der Waals surface area contributed by atoms with Crippen LogP contribution in [0.1, 0.15) is 30.0 Å². The number of aromatic nitrogens is 2. The van der Waals surface area contributed by atoms with Crippen molar-refractivity contribution in [2.75, 3.05) is 11.6 Å². The lowest BCUT2D eigenvalue weighted by Gasteiger charge is -2.11. The molecule has 5 aromatic rings. The van der Waals surface area contributed by atoms with Crippen molar-refractivity contribution in [3.8, 4) is 22.7 Å². The molecule has 0 spiro atoms. The van der Waals surface area contributed by atoms with E-state index < -0.39 is 0 Å². The van der Waals surface area contributed by atoms with Crippen molar-refractivity contribution in [3.05, 3.63) is 138 Å². The molecule has 0 aliphatic carbocycles. The van der Waals surface area contributed by atoms with E-state index >= 15 is 0 Å². The molecule has 6 heteroatoms. The van der Waals surface area contributed by atoms with Crippen molar-refractivity contribution >= 4 is 23.4 Å². The maximum atomic E-state index is 13.9. The Balaban J connectivity index is 1.49. The zero-order valence-electron chi connectivity index (χ0n) is 23.1. The van der Waals surface area contributed by atoms with Crippen molar-refractivity contribution in [1.29, 1.82) is 0 Å². The average Bonchev–Trinajstić information content (AvgIpc) is 3.59. The van der Waals surface area contributed by atoms with Crippen LogP contribution < -0.4 is 9.75 Å². The van der Waals surface area contributed by atoms with Crippen LogP contribution in [0.25, 0.3) is 23.0 Å². The zero-order chi connectivity index (χ0) is 28.2. The van der Waals surface area contributed by atoms with Crippen molar-refractivity contribution in [1.82, 2.24) is 9.78 Å². The van der Waals surface area contributed by atoms with Gasteiger partial charge >= 0.3 is 0 Å². The molecule has 0 N–H and O–H groups in total. The number of amides is 1. The highest BCUT2D eigenvalue weighted by molar-refractivity contribution is 6.37. The minimum absolute atomic E-state index is 0.187. The number of aryl methyl sites for hydroxylation is 1. The van der Waals surface area contributed by atoms with E-state index in [1.807, 2.05) is 127 Å². The molecular formula is C35H30N4O2. The highest BCUT2D eigenvalue weighted by Crippen LogP contribution is 2.33. The second-order valence-corrected chi connectivity index (χ2v) is 9.87. The Labute approximate surface area is 239 Å². The van der Waals surface area contributed by atoms with E-state index in [4.69, 9.17) is 14.9 Å². The fourth-order valence-corrected chi connectivity index (χ4v) is 4.85. The summed E-state index contributed by atoms with van der Waals surface area (Å²) >= 11 is 0. The van der Waals surface area contributed by atoms with E-state index in [1.165, 1.54) is 5.01 Å². The third-order valence-corrected chi connectivity index (χ3v) is 6.90. The monoisotopic (exact) mass is 538 g/mol. The molecule has 0 atom stereocenters. The fourth-order valence-electron chi connectivity index (χ4n) is 4.85. The van der Waals surface area contributed by atoms with E-state index in [-0.39, 0.29) is 5.91 Å². The van der Waals surface area contributed by atoms with Gasteiger partial charge < -0.3 is 4.74 Å². The lowest BCUT2D eigenvalue weighted by Crippen LogP contribution is -2.21. The number of rotatable bonds is 8. The van der Waals surface area contributed by atoms with Crippen molar-refractivity contribution in [2.45, 2.75) is 20.3 Å². The molecule has 2 heterocycles. The standard InChI is InChI=1S/C35H30N4O2/c1-3-21-41-32-20-19-27(22-25(32)2)33-28(24-38(36-33)29-15-9-5-10-16-29)23-31-34(26-13-7-4-8-14-26)37-39(35(31)40)30-17-11-6-12-18-30/h4-20,22-24H,3,21H2,1-2H3/b31-23-. The topological polar surface area (TPSA) is 59.7 Å². The maximum Gasteiger partial charge on any atom is 0.281 e. The minimum atomic E-state index is -0.187. The van der Waals surface area contributed by atoms with E-state index in [1.54, 1.807) is 0 Å². The number of nitrogens with zero attached hydrogens (tertiary/aromatic N) is 4. The van der Waals surface area contributed by atoms with Gasteiger partial charge in [-0.25, -0.2) is 4.68 Å². The SMILES string of the molecule is CCCOc1ccc(-c2nn(-c3ccccc3)cc2/C=C2\C(=O)N(c3ccccc3)N=C2c2ccccc2)cc1C. The molecular weight excluding hydrogens is 508 g/mol. The molecule has 0 unspecified atom stereocenters. The maximum absolute atomic E-state index is 13.9. The molecule has 1 aliphatic heterocycles. The van der Waals surface area contributed by atoms with Gasteiger partial charge in [-0.2, -0.15) is 15.2 Å². The van der Waals surface area contributed by atoms with Gasteiger partial charge in [-0.15, -0.1) is 0 Å². The highest BCUT2D eigenvalue weighted by Gasteiger charge is 2.32. The van der Waals surface area contributed by atoms with Gasteiger partial charge in [-0.3, -0.25) is 4.79 Å². The number of anilines is 1. The second-order valence-electron chi connectivity index (χ2n) is 9.87. The second kappa shape index (κ2) is 11.5. The summed E-state index contributed by atoms with van der Waals surface area (Å²) in [5, 5.41) is 11.3. The lowest BCUT2D eigenvalue weighted by atomic mass is 9.98. The highest BCUT2D eigenvalue weighted by atomic mass is 16.5. The Kier molecular flexibility index (Phi) is 7.28. The van der Waals surface area contributed by atoms with Gasteiger partial charge in [0, 0.05) is 22.9 Å². The Morgan fingerprint density at radius 2 is 1.46 bits per heavy atom. The predicted molar refractivity (Wildman–Crippen MR) is 164 cm³/mol. The number of hydrogen-bond acceptors (Lipinski definition) is 4. The van der Waals surface area contributed by atoms with Crippen molar-refractivity contribution in [3.63, 3.8) is 0 Å². The van der Waals surface area contributed by atoms with Crippen LogP contribution in [-0.2, 0) is 4.79 Å². The molecule has 41 heavy (non-hydrogen) atoms. The number of benzene rings is 4. The third kappa shape index (κ3) is 5.32. The van der Waals surface area contributed by atoms with Crippen LogP contribution in [0.4, 0.5) is 5.69 Å². The molecule has 1 amide bonds. The molecule has 1 aliphatic rings. The van der Waals surface area contributed by atoms with Gasteiger partial charge in [-0.05, 0) is 67.4 Å². The predicted octanol–water partition coefficient (Wildman–Crippen LogP) is 7.47. The summed E-state index contributed by atoms with van der Waals surface area (Å²) in [6.07, 6.45) is 4.82. The molecule has 0 fully saturated rings. The van der Waals surface area contributed by atoms with Gasteiger partial charge in [0.15, 0.2) is 0 Å². The molecule has 0 saturated heterocycles. The first-order valence-corrected chi connectivity index (χ1v) is 13.8. The fraction of sp³-hybridized carbons (Fsp3) is 0.114. The van der Waals surface area contributed by atoms with Crippen LogP contribution in [0.2, 0.25) is 0 Å². The molecule has 1 aromatic heterocycles. The van der Waals surface area contributed by atoms with Crippen LogP contribution in [0.3, 0.4) is 0 Å². The largest absolute Gasteiger partial charge is 0.493 e. The normalized spacial score (nSPS) is 14.0. The van der Waals surface area contributed by atoms with Gasteiger partial charge in [0.2, 0.25) is 0 Å². The van der Waals surface area contributed by atoms with Crippen molar-refractivity contribution < 1.29 is 9.53 Å². The smallest absolute Gasteiger partial charge is 0.281 e. The Morgan fingerprint density at radius 3 is 2.12 bits per heavy atom. The number of hydrogen-bond donors (Lipinski definition) is 0. The zero-order valence-corrected chi connectivity index (χ0v) is 23.1. The van der Waals surface area contributed by atoms with Crippen LogP contribution in [0.5, 0.6) is 5.75 Å². The Hall–Kier alpha value is -5.23. The summed E-state index contributed by atoms with van der Waals surface area (Å²) in [4.78, 5) is 13.9. The summed E-state index contributed by atoms with van der Waals surface area (Å²) < 4.78 is 7.77. The summed E-state index contributed by atoms with van der Waals surface area (Å²) in [7, 11) is 0. The van der Waals surface area contributed by atoms with E-state index in [0.717, 1.165) is 45.8 Å². The molecule has 6 nitrogen and oxygen atoms in total. The summed E-state index contributed by atoms with van der Waals surface area (Å²) in [6.45, 7) is 4.80. The summed E-state index contributed by atoms with van der Waals surface area (Å²) in [6, 6.07) is 35.4. The van der Waals surface area contributed by atoms with Crippen LogP contribution in [-0.4, -0.2) is 28.0 Å². The number of carbonyl (C=O) groups is 1. The van der Waals surface area contributed by atoms with E-state index in [0.29, 0.717) is 23.6 Å². The molecule has 0 bridgehead atoms. The van der Waals surface area contributed by atoms with Crippen LogP contribution in [0, 0.1) is 6.92 Å². The number of ether oxygens (including phenoxy) is 1. The van der Waals surface area contributed by atoms with Crippen molar-refractivity contribution in [2.24, 2.45) is 5.10 Å². The molecule has 6 rings (SSSR count). The van der Waals surface area contributed by atoms with Crippen LogP contribution in [0.15, 0.2) is 126 Å². The first-order chi connectivity index (χ1) is 20.1. The summed E-state index contributed by atoms with van der Waals surface area (Å²) in [5.74, 6) is 0.675. The number of para-hydroxylation sites is 2. The molecule has 0 saturated carbocycles. The van der Waals surface area contributed by atoms with Gasteiger partial charge in [0.05, 0.1) is 29.2 Å². The average molecular weight is 539 g/mol. The quantitative estimate of drug-likeness (QED) is 0.193. The number of hydrazone groups is 1. The van der Waals surface area contributed by atoms with E-state index in [2.05, 4.69) is 13.0 Å². The first-order valence-electron chi connectivity index (χ1n) is 13.8. The molecule has 4 aromatic carbocycles. The number of carbonyl (C=O) groups excluding carboxylic acids is 1. The van der Waals surface area contributed by atoms with Gasteiger partial charge in [0.1, 0.15) is 11.5 Å². The first kappa shape index (κ1) is 26.0. The Morgan fingerprint density at radius 1 is 0.805 bits per heavy atom. The molecule has 202 valence electrons. The summed E-state index contributed by atoms with van der Waals surface area (Å²) in [5.41, 5.74) is 7.20. The Bertz CT molecular complexity index is 1740. The minimum Gasteiger partial charge on any atom is -0.493 e. The van der Waals surface area contributed by atoms with Crippen LogP contribution >= 0.6 is 0 Å². The lowest BCUT2D eigenvalue weighted by molar-refractivity contribution is -0.114. The molecule has 0 radical (unpaired) electrons. The van der Waals surface area contributed by atoms with E-state index in [9.17, 15) is 4.79 Å².